The fourth-order valence-corrected chi connectivity index (χ4v) is 2.78. The van der Waals surface area contributed by atoms with E-state index in [-0.39, 0.29) is 11.3 Å². The monoisotopic (exact) mass is 315 g/mol. The lowest BCUT2D eigenvalue weighted by Crippen LogP contribution is -2.19. The number of pyridine rings is 1. The molecule has 0 saturated heterocycles. The molecule has 2 aromatic rings. The van der Waals surface area contributed by atoms with Crippen LogP contribution in [0, 0.1) is 6.92 Å². The summed E-state index contributed by atoms with van der Waals surface area (Å²) in [4.78, 5) is 36.0. The van der Waals surface area contributed by atoms with E-state index in [4.69, 9.17) is 0 Å². The van der Waals surface area contributed by atoms with E-state index < -0.39 is 11.4 Å². The molecule has 0 aliphatic rings. The third kappa shape index (κ3) is 3.18. The Hall–Kier alpha value is -2.43. The Morgan fingerprint density at radius 1 is 1.13 bits per heavy atom. The van der Waals surface area contributed by atoms with Crippen LogP contribution in [0.5, 0.6) is 0 Å². The maximum absolute atomic E-state index is 12.5. The summed E-state index contributed by atoms with van der Waals surface area (Å²) in [6.07, 6.45) is 3.34. The van der Waals surface area contributed by atoms with E-state index in [0.29, 0.717) is 29.4 Å². The minimum absolute atomic E-state index is 0.0194. The second-order valence-electron chi connectivity index (χ2n) is 5.73. The van der Waals surface area contributed by atoms with Gasteiger partial charge in [0.15, 0.2) is 5.78 Å². The summed E-state index contributed by atoms with van der Waals surface area (Å²) in [6.45, 7) is 6.36. The summed E-state index contributed by atoms with van der Waals surface area (Å²) in [7, 11) is 0. The molecule has 1 aromatic carbocycles. The Morgan fingerprint density at radius 2 is 1.83 bits per heavy atom. The maximum atomic E-state index is 12.5. The molecule has 0 bridgehead atoms. The second-order valence-corrected chi connectivity index (χ2v) is 5.73. The van der Waals surface area contributed by atoms with Gasteiger partial charge in [0.05, 0.1) is 5.52 Å². The van der Waals surface area contributed by atoms with Crippen molar-refractivity contribution < 1.29 is 14.7 Å². The number of aromatic nitrogens is 1. The lowest BCUT2D eigenvalue weighted by Gasteiger charge is -2.14. The minimum Gasteiger partial charge on any atom is -0.477 e. The molecular formula is C18H21NO4. The smallest absolute Gasteiger partial charge is 0.341 e. The number of carbonyl (C=O) groups is 2. The molecule has 0 amide bonds. The Morgan fingerprint density at radius 3 is 2.39 bits per heavy atom. The number of hydrogen-bond donors (Lipinski definition) is 1. The highest BCUT2D eigenvalue weighted by Crippen LogP contribution is 2.20. The molecule has 1 aromatic heterocycles. The van der Waals surface area contributed by atoms with E-state index in [2.05, 4.69) is 0 Å². The number of aromatic carboxylic acids is 1. The van der Waals surface area contributed by atoms with Crippen LogP contribution in [-0.4, -0.2) is 21.4 Å². The predicted octanol–water partition coefficient (Wildman–Crippen LogP) is 3.40. The minimum atomic E-state index is -1.25. The van der Waals surface area contributed by atoms with Crippen LogP contribution in [0.4, 0.5) is 0 Å². The lowest BCUT2D eigenvalue weighted by atomic mass is 9.98. The third-order valence-corrected chi connectivity index (χ3v) is 3.90. The number of ketones is 1. The average Bonchev–Trinajstić information content (AvgIpc) is 2.49. The van der Waals surface area contributed by atoms with Gasteiger partial charge in [-0.15, -0.1) is 0 Å². The third-order valence-electron chi connectivity index (χ3n) is 3.90. The molecule has 0 unspecified atom stereocenters. The molecule has 0 atom stereocenters. The van der Waals surface area contributed by atoms with Gasteiger partial charge in [-0.25, -0.2) is 4.79 Å². The first-order valence-electron chi connectivity index (χ1n) is 7.85. The van der Waals surface area contributed by atoms with E-state index >= 15 is 0 Å². The fourth-order valence-electron chi connectivity index (χ4n) is 2.78. The predicted molar refractivity (Wildman–Crippen MR) is 89.4 cm³/mol. The quantitative estimate of drug-likeness (QED) is 0.829. The van der Waals surface area contributed by atoms with Crippen LogP contribution in [0.2, 0.25) is 0 Å². The molecule has 23 heavy (non-hydrogen) atoms. The molecular weight excluding hydrogens is 294 g/mol. The van der Waals surface area contributed by atoms with Gasteiger partial charge in [-0.2, -0.15) is 0 Å². The molecule has 0 fully saturated rings. The highest BCUT2D eigenvalue weighted by Gasteiger charge is 2.17. The van der Waals surface area contributed by atoms with Gasteiger partial charge in [0.25, 0.3) is 0 Å². The summed E-state index contributed by atoms with van der Waals surface area (Å²) in [5.41, 5.74) is 1.19. The van der Waals surface area contributed by atoms with Crippen LogP contribution in [0.15, 0.2) is 23.1 Å². The molecule has 0 aliphatic carbocycles. The van der Waals surface area contributed by atoms with Crippen molar-refractivity contribution in [3.63, 3.8) is 0 Å². The van der Waals surface area contributed by atoms with E-state index in [9.17, 15) is 19.5 Å². The Bertz CT molecular complexity index is 833. The number of benzene rings is 1. The van der Waals surface area contributed by atoms with Crippen LogP contribution in [-0.2, 0) is 6.54 Å². The summed E-state index contributed by atoms with van der Waals surface area (Å²) in [5, 5.41) is 9.55. The van der Waals surface area contributed by atoms with E-state index in [1.807, 2.05) is 20.8 Å². The highest BCUT2D eigenvalue weighted by atomic mass is 16.4. The number of hydrogen-bond acceptors (Lipinski definition) is 3. The zero-order valence-corrected chi connectivity index (χ0v) is 13.7. The van der Waals surface area contributed by atoms with Gasteiger partial charge in [0.1, 0.15) is 5.56 Å². The first-order valence-corrected chi connectivity index (χ1v) is 7.85. The summed E-state index contributed by atoms with van der Waals surface area (Å²) < 4.78 is 1.78. The van der Waals surface area contributed by atoms with Crippen LogP contribution in [0.3, 0.4) is 0 Å². The van der Waals surface area contributed by atoms with E-state index in [0.717, 1.165) is 18.4 Å². The second kappa shape index (κ2) is 6.77. The number of fused-ring (bicyclic) bond motifs is 1. The largest absolute Gasteiger partial charge is 0.477 e. The zero-order chi connectivity index (χ0) is 17.1. The number of carboxylic acid groups (broad SMARTS) is 1. The number of aryl methyl sites for hydroxylation is 2. The Balaban J connectivity index is 2.82. The van der Waals surface area contributed by atoms with Crippen molar-refractivity contribution in [1.29, 1.82) is 0 Å². The molecule has 0 spiro atoms. The molecule has 0 radical (unpaired) electrons. The van der Waals surface area contributed by atoms with Crippen molar-refractivity contribution in [1.82, 2.24) is 4.57 Å². The molecule has 2 rings (SSSR count). The first kappa shape index (κ1) is 16.9. The average molecular weight is 315 g/mol. The number of Topliss-reactive ketones (excluding diaryl/α,β-unsaturated/α-hetero) is 1. The fraction of sp³-hybridized carbons (Fsp3) is 0.389. The first-order chi connectivity index (χ1) is 10.9. The van der Waals surface area contributed by atoms with Crippen molar-refractivity contribution in [2.75, 3.05) is 0 Å². The van der Waals surface area contributed by atoms with Gasteiger partial charge < -0.3 is 9.67 Å². The number of nitrogens with zero attached hydrogens (tertiary/aromatic N) is 1. The molecule has 1 N–H and O–H groups in total. The highest BCUT2D eigenvalue weighted by molar-refractivity contribution is 6.02. The van der Waals surface area contributed by atoms with Crippen molar-refractivity contribution in [3.05, 3.63) is 45.2 Å². The topological polar surface area (TPSA) is 76.4 Å². The van der Waals surface area contributed by atoms with Crippen LogP contribution >= 0.6 is 0 Å². The van der Waals surface area contributed by atoms with E-state index in [1.54, 1.807) is 16.7 Å². The van der Waals surface area contributed by atoms with Crippen LogP contribution in [0.25, 0.3) is 10.9 Å². The molecule has 5 nitrogen and oxygen atoms in total. The molecule has 0 saturated carbocycles. The summed E-state index contributed by atoms with van der Waals surface area (Å²) >= 11 is 0. The normalized spacial score (nSPS) is 10.9. The van der Waals surface area contributed by atoms with Gasteiger partial charge in [0, 0.05) is 30.1 Å². The van der Waals surface area contributed by atoms with Crippen molar-refractivity contribution >= 4 is 22.7 Å². The van der Waals surface area contributed by atoms with Crippen molar-refractivity contribution in [3.8, 4) is 0 Å². The van der Waals surface area contributed by atoms with E-state index in [1.165, 1.54) is 6.20 Å². The van der Waals surface area contributed by atoms with Crippen LogP contribution < -0.4 is 5.43 Å². The maximum Gasteiger partial charge on any atom is 0.341 e. The summed E-state index contributed by atoms with van der Waals surface area (Å²) in [5.74, 6) is -1.27. The van der Waals surface area contributed by atoms with Gasteiger partial charge in [-0.3, -0.25) is 9.59 Å². The Labute approximate surface area is 134 Å². The van der Waals surface area contributed by atoms with Crippen molar-refractivity contribution in [2.45, 2.75) is 46.6 Å². The molecule has 5 heteroatoms. The van der Waals surface area contributed by atoms with Crippen molar-refractivity contribution in [2.24, 2.45) is 0 Å². The molecule has 122 valence electrons. The van der Waals surface area contributed by atoms with Gasteiger partial charge >= 0.3 is 5.97 Å². The SMILES string of the molecule is CCCC(=O)c1cc2c(=O)c(C(=O)O)cn(CCC)c2cc1C. The number of carbonyl (C=O) groups excluding carboxylic acids is 1. The molecule has 1 heterocycles. The van der Waals surface area contributed by atoms with Gasteiger partial charge in [-0.1, -0.05) is 13.8 Å². The standard InChI is InChI=1S/C18H21NO4/c1-4-6-16(20)12-9-13-15(8-11(12)3)19(7-5-2)10-14(17(13)21)18(22)23/h8-10H,4-7H2,1-3H3,(H,22,23). The van der Waals surface area contributed by atoms with Crippen LogP contribution in [0.1, 0.15) is 59.4 Å². The Kier molecular flexibility index (Phi) is 4.98. The van der Waals surface area contributed by atoms with Gasteiger partial charge in [0.2, 0.25) is 5.43 Å². The lowest BCUT2D eigenvalue weighted by molar-refractivity contribution is 0.0694. The zero-order valence-electron chi connectivity index (χ0n) is 13.7. The van der Waals surface area contributed by atoms with Gasteiger partial charge in [-0.05, 0) is 37.5 Å². The number of rotatable bonds is 6. The summed E-state index contributed by atoms with van der Waals surface area (Å²) in [6, 6.07) is 3.37. The molecule has 0 aliphatic heterocycles. The number of carboxylic acids is 1.